The summed E-state index contributed by atoms with van der Waals surface area (Å²) in [5.41, 5.74) is 3.10. The molecule has 35 heavy (non-hydrogen) atoms. The summed E-state index contributed by atoms with van der Waals surface area (Å²) < 4.78 is 18.2. The largest absolute Gasteiger partial charge is 0.508 e. The standard InChI is InChI=1S/C28H26O7/c29-15-22-13-26(33-16-19-1-7-23(30)8-2-19)28(35-18-21-5-11-25(32)12-6-21)27(14-22)34-17-20-3-9-24(31)10-4-20/h1-14,29-32H,15-18H2. The number of phenolic OH excluding ortho intramolecular Hbond substituents is 3. The number of benzene rings is 4. The predicted octanol–water partition coefficient (Wildman–Crippen LogP) is 5.03. The highest BCUT2D eigenvalue weighted by Crippen LogP contribution is 2.40. The van der Waals surface area contributed by atoms with E-state index in [-0.39, 0.29) is 43.7 Å². The number of aliphatic hydroxyl groups is 1. The molecular weight excluding hydrogens is 448 g/mol. The molecule has 4 rings (SSSR count). The van der Waals surface area contributed by atoms with E-state index >= 15 is 0 Å². The van der Waals surface area contributed by atoms with Gasteiger partial charge in [0.15, 0.2) is 11.5 Å². The monoisotopic (exact) mass is 474 g/mol. The Kier molecular flexibility index (Phi) is 7.60. The second-order valence-electron chi connectivity index (χ2n) is 7.94. The van der Waals surface area contributed by atoms with E-state index in [1.807, 2.05) is 0 Å². The van der Waals surface area contributed by atoms with Crippen LogP contribution in [0.5, 0.6) is 34.5 Å². The van der Waals surface area contributed by atoms with E-state index in [0.717, 1.165) is 16.7 Å². The zero-order chi connectivity index (χ0) is 24.6. The van der Waals surface area contributed by atoms with Gasteiger partial charge in [0.25, 0.3) is 0 Å². The fraction of sp³-hybridized carbons (Fsp3) is 0.143. The summed E-state index contributed by atoms with van der Waals surface area (Å²) in [6, 6.07) is 23.4. The van der Waals surface area contributed by atoms with E-state index in [9.17, 15) is 20.4 Å². The lowest BCUT2D eigenvalue weighted by Crippen LogP contribution is -2.05. The highest BCUT2D eigenvalue weighted by atomic mass is 16.5. The minimum Gasteiger partial charge on any atom is -0.508 e. The van der Waals surface area contributed by atoms with Crippen LogP contribution in [-0.2, 0) is 26.4 Å². The van der Waals surface area contributed by atoms with Crippen LogP contribution in [0.15, 0.2) is 84.9 Å². The summed E-state index contributed by atoms with van der Waals surface area (Å²) in [7, 11) is 0. The van der Waals surface area contributed by atoms with Crippen molar-refractivity contribution < 1.29 is 34.6 Å². The zero-order valence-corrected chi connectivity index (χ0v) is 18.9. The molecule has 0 unspecified atom stereocenters. The van der Waals surface area contributed by atoms with Crippen molar-refractivity contribution >= 4 is 0 Å². The van der Waals surface area contributed by atoms with Gasteiger partial charge in [-0.3, -0.25) is 0 Å². The molecule has 4 aromatic carbocycles. The topological polar surface area (TPSA) is 109 Å². The second-order valence-corrected chi connectivity index (χ2v) is 7.94. The van der Waals surface area contributed by atoms with Crippen LogP contribution < -0.4 is 14.2 Å². The molecule has 0 aliphatic rings. The SMILES string of the molecule is OCc1cc(OCc2ccc(O)cc2)c(OCc2ccc(O)cc2)c(OCc2ccc(O)cc2)c1. The highest BCUT2D eigenvalue weighted by molar-refractivity contribution is 5.54. The van der Waals surface area contributed by atoms with Crippen LogP contribution in [-0.4, -0.2) is 20.4 Å². The summed E-state index contributed by atoms with van der Waals surface area (Å²) >= 11 is 0. The van der Waals surface area contributed by atoms with Crippen LogP contribution in [0.3, 0.4) is 0 Å². The second kappa shape index (κ2) is 11.2. The quantitative estimate of drug-likeness (QED) is 0.255. The first-order valence-corrected chi connectivity index (χ1v) is 11.0. The number of hydrogen-bond donors (Lipinski definition) is 4. The molecule has 4 aromatic rings. The molecule has 0 atom stereocenters. The maximum atomic E-state index is 9.81. The molecule has 0 saturated heterocycles. The molecule has 0 aliphatic carbocycles. The fourth-order valence-electron chi connectivity index (χ4n) is 3.33. The third kappa shape index (κ3) is 6.59. The van der Waals surface area contributed by atoms with Gasteiger partial charge in [0, 0.05) is 0 Å². The lowest BCUT2D eigenvalue weighted by molar-refractivity contribution is 0.227. The van der Waals surface area contributed by atoms with Gasteiger partial charge in [-0.25, -0.2) is 0 Å². The Morgan fingerprint density at radius 2 is 0.800 bits per heavy atom. The smallest absolute Gasteiger partial charge is 0.203 e. The molecule has 7 heteroatoms. The van der Waals surface area contributed by atoms with Crippen molar-refractivity contribution in [2.75, 3.05) is 0 Å². The number of hydrogen-bond acceptors (Lipinski definition) is 7. The minimum atomic E-state index is -0.219. The molecule has 0 fully saturated rings. The molecule has 0 bridgehead atoms. The van der Waals surface area contributed by atoms with Crippen LogP contribution in [0, 0.1) is 0 Å². The molecular formula is C28H26O7. The lowest BCUT2D eigenvalue weighted by atomic mass is 10.1. The first kappa shape index (κ1) is 23.8. The van der Waals surface area contributed by atoms with Crippen molar-refractivity contribution in [3.8, 4) is 34.5 Å². The van der Waals surface area contributed by atoms with Crippen molar-refractivity contribution in [3.05, 3.63) is 107 Å². The van der Waals surface area contributed by atoms with E-state index in [4.69, 9.17) is 14.2 Å². The van der Waals surface area contributed by atoms with Crippen LogP contribution in [0.4, 0.5) is 0 Å². The Balaban J connectivity index is 1.61. The van der Waals surface area contributed by atoms with Gasteiger partial charge in [-0.05, 0) is 70.8 Å². The molecule has 0 saturated carbocycles. The Hall–Kier alpha value is -4.36. The average molecular weight is 475 g/mol. The highest BCUT2D eigenvalue weighted by Gasteiger charge is 2.17. The van der Waals surface area contributed by atoms with Crippen molar-refractivity contribution in [3.63, 3.8) is 0 Å². The Morgan fingerprint density at radius 1 is 0.457 bits per heavy atom. The van der Waals surface area contributed by atoms with Crippen LogP contribution in [0.25, 0.3) is 0 Å². The van der Waals surface area contributed by atoms with E-state index in [1.165, 1.54) is 0 Å². The maximum absolute atomic E-state index is 9.81. The van der Waals surface area contributed by atoms with Crippen LogP contribution >= 0.6 is 0 Å². The van der Waals surface area contributed by atoms with Crippen LogP contribution in [0.2, 0.25) is 0 Å². The van der Waals surface area contributed by atoms with E-state index < -0.39 is 0 Å². The van der Waals surface area contributed by atoms with E-state index in [2.05, 4.69) is 0 Å². The van der Waals surface area contributed by atoms with Gasteiger partial charge in [0.05, 0.1) is 6.61 Å². The van der Waals surface area contributed by atoms with Gasteiger partial charge < -0.3 is 34.6 Å². The van der Waals surface area contributed by atoms with Gasteiger partial charge in [-0.15, -0.1) is 0 Å². The van der Waals surface area contributed by atoms with Gasteiger partial charge in [0.1, 0.15) is 37.1 Å². The van der Waals surface area contributed by atoms with Gasteiger partial charge >= 0.3 is 0 Å². The van der Waals surface area contributed by atoms with Gasteiger partial charge in [-0.2, -0.15) is 0 Å². The van der Waals surface area contributed by atoms with E-state index in [0.29, 0.717) is 22.8 Å². The van der Waals surface area contributed by atoms with Crippen molar-refractivity contribution in [1.82, 2.24) is 0 Å². The molecule has 0 heterocycles. The normalized spacial score (nSPS) is 10.7. The lowest BCUT2D eigenvalue weighted by Gasteiger charge is -2.19. The Labute approximate surface area is 203 Å². The number of rotatable bonds is 10. The third-order valence-corrected chi connectivity index (χ3v) is 5.24. The molecule has 0 radical (unpaired) electrons. The Morgan fingerprint density at radius 3 is 1.14 bits per heavy atom. The van der Waals surface area contributed by atoms with E-state index in [1.54, 1.807) is 84.9 Å². The maximum Gasteiger partial charge on any atom is 0.203 e. The first-order valence-electron chi connectivity index (χ1n) is 11.0. The summed E-state index contributed by atoms with van der Waals surface area (Å²) in [5, 5.41) is 38.4. The summed E-state index contributed by atoms with van der Waals surface area (Å²) in [5.74, 6) is 1.65. The summed E-state index contributed by atoms with van der Waals surface area (Å²) in [6.07, 6.45) is 0. The summed E-state index contributed by atoms with van der Waals surface area (Å²) in [6.45, 7) is 0.400. The van der Waals surface area contributed by atoms with Crippen molar-refractivity contribution in [1.29, 1.82) is 0 Å². The Bertz CT molecular complexity index is 1160. The van der Waals surface area contributed by atoms with Crippen molar-refractivity contribution in [2.24, 2.45) is 0 Å². The molecule has 0 amide bonds. The third-order valence-electron chi connectivity index (χ3n) is 5.24. The minimum absolute atomic E-state index is 0.164. The molecule has 0 spiro atoms. The molecule has 7 nitrogen and oxygen atoms in total. The first-order chi connectivity index (χ1) is 17.0. The van der Waals surface area contributed by atoms with Crippen LogP contribution in [0.1, 0.15) is 22.3 Å². The molecule has 0 aromatic heterocycles. The number of phenols is 3. The number of aliphatic hydroxyl groups excluding tert-OH is 1. The van der Waals surface area contributed by atoms with Gasteiger partial charge in [-0.1, -0.05) is 36.4 Å². The number of ether oxygens (including phenoxy) is 3. The average Bonchev–Trinajstić information content (AvgIpc) is 2.88. The molecule has 0 aliphatic heterocycles. The number of aromatic hydroxyl groups is 3. The fourth-order valence-corrected chi connectivity index (χ4v) is 3.33. The van der Waals surface area contributed by atoms with Gasteiger partial charge in [0.2, 0.25) is 5.75 Å². The zero-order valence-electron chi connectivity index (χ0n) is 18.9. The predicted molar refractivity (Wildman–Crippen MR) is 130 cm³/mol. The van der Waals surface area contributed by atoms with Crippen molar-refractivity contribution in [2.45, 2.75) is 26.4 Å². The molecule has 4 N–H and O–H groups in total. The molecule has 180 valence electrons. The summed E-state index contributed by atoms with van der Waals surface area (Å²) in [4.78, 5) is 0.